The van der Waals surface area contributed by atoms with Gasteiger partial charge >= 0.3 is 0 Å². The second kappa shape index (κ2) is 6.58. The van der Waals surface area contributed by atoms with Gasteiger partial charge < -0.3 is 15.6 Å². The van der Waals surface area contributed by atoms with Crippen molar-refractivity contribution in [2.24, 2.45) is 0 Å². The molecule has 0 unspecified atom stereocenters. The topological polar surface area (TPSA) is 74.0 Å². The van der Waals surface area contributed by atoms with Gasteiger partial charge in [-0.1, -0.05) is 32.0 Å². The van der Waals surface area contributed by atoms with E-state index >= 15 is 0 Å². The van der Waals surface area contributed by atoms with Crippen molar-refractivity contribution < 1.29 is 4.79 Å². The molecule has 27 heavy (non-hydrogen) atoms. The fourth-order valence-corrected chi connectivity index (χ4v) is 3.78. The second-order valence-corrected chi connectivity index (χ2v) is 7.71. The van der Waals surface area contributed by atoms with E-state index in [2.05, 4.69) is 35.5 Å². The number of pyridine rings is 1. The zero-order valence-electron chi connectivity index (χ0n) is 15.6. The summed E-state index contributed by atoms with van der Waals surface area (Å²) in [5, 5.41) is 6.82. The molecule has 0 spiro atoms. The van der Waals surface area contributed by atoms with Gasteiger partial charge in [0.25, 0.3) is 5.91 Å². The summed E-state index contributed by atoms with van der Waals surface area (Å²) in [4.78, 5) is 28.3. The molecule has 0 aliphatic carbocycles. The first-order valence-electron chi connectivity index (χ1n) is 9.26. The van der Waals surface area contributed by atoms with Crippen LogP contribution in [0.2, 0.25) is 0 Å². The summed E-state index contributed by atoms with van der Waals surface area (Å²) in [6, 6.07) is 13.1. The maximum Gasteiger partial charge on any atom is 0.261 e. The third-order valence-corrected chi connectivity index (χ3v) is 5.33. The Morgan fingerprint density at radius 1 is 1.15 bits per heavy atom. The Hall–Kier alpha value is -3.08. The predicted molar refractivity (Wildman–Crippen MR) is 110 cm³/mol. The Morgan fingerprint density at radius 3 is 2.81 bits per heavy atom. The number of amides is 1. The minimum Gasteiger partial charge on any atom is -0.385 e. The summed E-state index contributed by atoms with van der Waals surface area (Å²) in [6.45, 7) is 5.40. The number of fused-ring (bicyclic) bond motifs is 2. The average Bonchev–Trinajstić information content (AvgIpc) is 2.80. The number of carbonyl (C=O) groups is 1. The smallest absolute Gasteiger partial charge is 0.261 e. The Morgan fingerprint density at radius 2 is 1.96 bits per heavy atom. The summed E-state index contributed by atoms with van der Waals surface area (Å²) < 4.78 is 0. The van der Waals surface area contributed by atoms with E-state index in [1.165, 1.54) is 11.8 Å². The molecule has 0 saturated heterocycles. The van der Waals surface area contributed by atoms with Gasteiger partial charge in [0.15, 0.2) is 0 Å². The van der Waals surface area contributed by atoms with E-state index in [-0.39, 0.29) is 16.4 Å². The molecule has 2 aromatic carbocycles. The predicted octanol–water partition coefficient (Wildman–Crippen LogP) is 4.26. The number of anilines is 2. The summed E-state index contributed by atoms with van der Waals surface area (Å²) in [7, 11) is 0. The highest BCUT2D eigenvalue weighted by Crippen LogP contribution is 2.37. The largest absolute Gasteiger partial charge is 0.385 e. The Balaban J connectivity index is 1.65. The highest BCUT2D eigenvalue weighted by atomic mass is 16.2. The molecule has 2 heterocycles. The molecule has 0 atom stereocenters. The van der Waals surface area contributed by atoms with Crippen molar-refractivity contribution in [1.82, 2.24) is 4.98 Å². The van der Waals surface area contributed by atoms with Gasteiger partial charge in [0, 0.05) is 35.0 Å². The number of hydrogen-bond acceptors (Lipinski definition) is 3. The van der Waals surface area contributed by atoms with Crippen LogP contribution in [0.4, 0.5) is 11.4 Å². The summed E-state index contributed by atoms with van der Waals surface area (Å²) >= 11 is 0. The van der Waals surface area contributed by atoms with Gasteiger partial charge in [-0.3, -0.25) is 9.59 Å². The maximum absolute atomic E-state index is 12.7. The normalized spacial score (nSPS) is 15.5. The molecule has 1 aliphatic heterocycles. The third-order valence-electron chi connectivity index (χ3n) is 5.33. The van der Waals surface area contributed by atoms with Crippen molar-refractivity contribution in [3.8, 4) is 0 Å². The highest BCUT2D eigenvalue weighted by molar-refractivity contribution is 6.05. The van der Waals surface area contributed by atoms with Gasteiger partial charge in [0.1, 0.15) is 5.56 Å². The summed E-state index contributed by atoms with van der Waals surface area (Å²) in [6.07, 6.45) is 3.70. The van der Waals surface area contributed by atoms with E-state index in [9.17, 15) is 9.59 Å². The van der Waals surface area contributed by atoms with E-state index in [0.29, 0.717) is 11.1 Å². The minimum absolute atomic E-state index is 0.0941. The second-order valence-electron chi connectivity index (χ2n) is 7.71. The van der Waals surface area contributed by atoms with Gasteiger partial charge in [0.05, 0.1) is 0 Å². The number of benzene rings is 2. The molecule has 0 radical (unpaired) electrons. The van der Waals surface area contributed by atoms with Crippen LogP contribution in [0, 0.1) is 0 Å². The molecule has 138 valence electrons. The van der Waals surface area contributed by atoms with Crippen LogP contribution >= 0.6 is 0 Å². The average molecular weight is 361 g/mol. The van der Waals surface area contributed by atoms with Crippen LogP contribution in [0.25, 0.3) is 10.9 Å². The third kappa shape index (κ3) is 3.21. The molecule has 5 nitrogen and oxygen atoms in total. The van der Waals surface area contributed by atoms with Crippen LogP contribution in [0.1, 0.15) is 42.6 Å². The Kier molecular flexibility index (Phi) is 4.22. The first-order chi connectivity index (χ1) is 13.0. The molecular weight excluding hydrogens is 338 g/mol. The lowest BCUT2D eigenvalue weighted by Gasteiger charge is -2.25. The number of aromatic amines is 1. The van der Waals surface area contributed by atoms with Gasteiger partial charge in [-0.05, 0) is 48.1 Å². The van der Waals surface area contributed by atoms with Crippen molar-refractivity contribution >= 4 is 28.2 Å². The first-order valence-corrected chi connectivity index (χ1v) is 9.26. The highest BCUT2D eigenvalue weighted by Gasteiger charge is 2.26. The molecule has 4 rings (SSSR count). The summed E-state index contributed by atoms with van der Waals surface area (Å²) in [5.41, 5.74) is 3.63. The van der Waals surface area contributed by atoms with Crippen LogP contribution < -0.4 is 16.1 Å². The molecule has 3 N–H and O–H groups in total. The summed E-state index contributed by atoms with van der Waals surface area (Å²) in [5.74, 6) is -0.408. The molecule has 3 aromatic rings. The molecule has 0 saturated carbocycles. The maximum atomic E-state index is 12.7. The van der Waals surface area contributed by atoms with E-state index in [4.69, 9.17) is 0 Å². The van der Waals surface area contributed by atoms with Crippen molar-refractivity contribution in [1.29, 1.82) is 0 Å². The number of carbonyl (C=O) groups excluding carboxylic acids is 1. The number of para-hydroxylation sites is 1. The van der Waals surface area contributed by atoms with Crippen LogP contribution in [0.3, 0.4) is 0 Å². The fraction of sp³-hybridized carbons (Fsp3) is 0.273. The monoisotopic (exact) mass is 361 g/mol. The number of H-pyrrole nitrogens is 1. The lowest BCUT2D eigenvalue weighted by molar-refractivity contribution is 0.102. The number of aromatic nitrogens is 1. The van der Waals surface area contributed by atoms with Gasteiger partial charge in [0.2, 0.25) is 5.43 Å². The van der Waals surface area contributed by atoms with Crippen molar-refractivity contribution in [2.75, 3.05) is 17.2 Å². The van der Waals surface area contributed by atoms with Crippen molar-refractivity contribution in [3.63, 3.8) is 0 Å². The van der Waals surface area contributed by atoms with Crippen molar-refractivity contribution in [3.05, 3.63) is 70.0 Å². The van der Waals surface area contributed by atoms with E-state index < -0.39 is 5.91 Å². The Bertz CT molecular complexity index is 1080. The Labute approximate surface area is 157 Å². The lowest BCUT2D eigenvalue weighted by Crippen LogP contribution is -2.22. The standard InChI is InChI=1S/C22H23N3O2/c1-22(2)10-5-11-23-19-12-14(8-9-17(19)22)25-21(27)16-13-24-18-7-4-3-6-15(18)20(16)26/h3-4,6-9,12-13,23H,5,10-11H2,1-2H3,(H,24,26)(H,25,27). The molecule has 1 amide bonds. The van der Waals surface area contributed by atoms with E-state index in [1.807, 2.05) is 24.3 Å². The van der Waals surface area contributed by atoms with E-state index in [0.717, 1.165) is 30.6 Å². The molecule has 5 heteroatoms. The van der Waals surface area contributed by atoms with Gasteiger partial charge in [-0.15, -0.1) is 0 Å². The molecule has 1 aliphatic rings. The van der Waals surface area contributed by atoms with Crippen LogP contribution in [0.15, 0.2) is 53.5 Å². The van der Waals surface area contributed by atoms with Gasteiger partial charge in [-0.25, -0.2) is 0 Å². The van der Waals surface area contributed by atoms with Crippen LogP contribution in [0.5, 0.6) is 0 Å². The molecule has 1 aromatic heterocycles. The van der Waals surface area contributed by atoms with Crippen molar-refractivity contribution in [2.45, 2.75) is 32.1 Å². The number of hydrogen-bond donors (Lipinski definition) is 3. The zero-order valence-corrected chi connectivity index (χ0v) is 15.6. The minimum atomic E-state index is -0.408. The molecule has 0 bridgehead atoms. The number of nitrogens with one attached hydrogen (secondary N) is 3. The number of rotatable bonds is 2. The van der Waals surface area contributed by atoms with Crippen LogP contribution in [-0.2, 0) is 5.41 Å². The quantitative estimate of drug-likeness (QED) is 0.638. The molecular formula is C22H23N3O2. The zero-order chi connectivity index (χ0) is 19.0. The SMILES string of the molecule is CC1(C)CCCNc2cc(NC(=O)c3c[nH]c4ccccc4c3=O)ccc21. The first kappa shape index (κ1) is 17.3. The molecule has 0 fully saturated rings. The fourth-order valence-electron chi connectivity index (χ4n) is 3.78. The van der Waals surface area contributed by atoms with Gasteiger partial charge in [-0.2, -0.15) is 0 Å². The lowest BCUT2D eigenvalue weighted by atomic mass is 9.80. The van der Waals surface area contributed by atoms with E-state index in [1.54, 1.807) is 12.1 Å². The van der Waals surface area contributed by atoms with Crippen LogP contribution in [-0.4, -0.2) is 17.4 Å².